The van der Waals surface area contributed by atoms with E-state index in [1.165, 1.54) is 0 Å². The molecular weight excluding hydrogens is 297 g/mol. The number of amides is 1. The minimum Gasteiger partial charge on any atom is -0.356 e. The van der Waals surface area contributed by atoms with Crippen molar-refractivity contribution in [1.82, 2.24) is 19.9 Å². The number of nitrogens with zero attached hydrogens (tertiary/aromatic N) is 4. The summed E-state index contributed by atoms with van der Waals surface area (Å²) in [6.45, 7) is 1.34. The summed E-state index contributed by atoms with van der Waals surface area (Å²) in [7, 11) is 0. The SMILES string of the molecule is O=C(NCC1(F)CCN(c2ccn3nccc3n2)CC1)C1CC1. The van der Waals surface area contributed by atoms with Crippen molar-refractivity contribution < 1.29 is 9.18 Å². The lowest BCUT2D eigenvalue weighted by Crippen LogP contribution is -2.48. The zero-order valence-electron chi connectivity index (χ0n) is 12.9. The fourth-order valence-corrected chi connectivity index (χ4v) is 3.03. The minimum atomic E-state index is -1.30. The summed E-state index contributed by atoms with van der Waals surface area (Å²) >= 11 is 0. The van der Waals surface area contributed by atoms with Gasteiger partial charge in [-0.1, -0.05) is 0 Å². The Labute approximate surface area is 133 Å². The van der Waals surface area contributed by atoms with Crippen molar-refractivity contribution in [2.75, 3.05) is 24.5 Å². The monoisotopic (exact) mass is 317 g/mol. The summed E-state index contributed by atoms with van der Waals surface area (Å²) < 4.78 is 16.5. The van der Waals surface area contributed by atoms with E-state index in [4.69, 9.17) is 0 Å². The van der Waals surface area contributed by atoms with Crippen LogP contribution in [0, 0.1) is 5.92 Å². The van der Waals surface area contributed by atoms with Crippen LogP contribution in [0.5, 0.6) is 0 Å². The third kappa shape index (κ3) is 3.00. The van der Waals surface area contributed by atoms with E-state index in [-0.39, 0.29) is 18.4 Å². The first-order valence-corrected chi connectivity index (χ1v) is 8.15. The number of piperidine rings is 1. The van der Waals surface area contributed by atoms with Crippen LogP contribution >= 0.6 is 0 Å². The molecule has 1 saturated carbocycles. The van der Waals surface area contributed by atoms with Crippen LogP contribution in [0.15, 0.2) is 24.5 Å². The Balaban J connectivity index is 1.36. The molecule has 7 heteroatoms. The van der Waals surface area contributed by atoms with Gasteiger partial charge in [0.1, 0.15) is 11.5 Å². The molecule has 1 saturated heterocycles. The summed E-state index contributed by atoms with van der Waals surface area (Å²) in [4.78, 5) is 18.3. The molecule has 0 aromatic carbocycles. The molecule has 1 N–H and O–H groups in total. The van der Waals surface area contributed by atoms with Crippen LogP contribution in [0.25, 0.3) is 5.65 Å². The normalized spacial score (nSPS) is 20.7. The van der Waals surface area contributed by atoms with Crippen LogP contribution in [-0.4, -0.2) is 45.8 Å². The van der Waals surface area contributed by atoms with Crippen LogP contribution < -0.4 is 10.2 Å². The quantitative estimate of drug-likeness (QED) is 0.930. The molecule has 1 aliphatic carbocycles. The standard InChI is InChI=1S/C16H20FN5O/c17-16(11-18-15(23)12-1-2-12)5-9-21(10-6-16)13-4-8-22-14(20-13)3-7-19-22/h3-4,7-8,12H,1-2,5-6,9-11H2,(H,18,23). The highest BCUT2D eigenvalue weighted by atomic mass is 19.1. The van der Waals surface area contributed by atoms with Gasteiger partial charge >= 0.3 is 0 Å². The maximum absolute atomic E-state index is 14.8. The lowest BCUT2D eigenvalue weighted by atomic mass is 9.93. The fraction of sp³-hybridized carbons (Fsp3) is 0.562. The number of hydrogen-bond acceptors (Lipinski definition) is 4. The first kappa shape index (κ1) is 14.4. The smallest absolute Gasteiger partial charge is 0.223 e. The summed E-state index contributed by atoms with van der Waals surface area (Å²) in [5, 5.41) is 6.89. The molecule has 4 rings (SSSR count). The highest BCUT2D eigenvalue weighted by molar-refractivity contribution is 5.80. The molecule has 3 heterocycles. The number of hydrogen-bond donors (Lipinski definition) is 1. The molecule has 0 radical (unpaired) electrons. The predicted octanol–water partition coefficient (Wildman–Crippen LogP) is 1.56. The zero-order chi connectivity index (χ0) is 15.9. The van der Waals surface area contributed by atoms with Crippen molar-refractivity contribution in [3.8, 4) is 0 Å². The Kier molecular flexibility index (Phi) is 3.43. The average Bonchev–Trinajstić information content (AvgIpc) is 3.31. The van der Waals surface area contributed by atoms with E-state index in [2.05, 4.69) is 20.3 Å². The maximum Gasteiger partial charge on any atom is 0.223 e. The molecule has 0 unspecified atom stereocenters. The second-order valence-electron chi connectivity index (χ2n) is 6.55. The lowest BCUT2D eigenvalue weighted by molar-refractivity contribution is -0.123. The molecule has 2 aromatic rings. The van der Waals surface area contributed by atoms with Crippen molar-refractivity contribution >= 4 is 17.4 Å². The van der Waals surface area contributed by atoms with E-state index in [1.54, 1.807) is 10.7 Å². The first-order valence-electron chi connectivity index (χ1n) is 8.15. The lowest BCUT2D eigenvalue weighted by Gasteiger charge is -2.37. The highest BCUT2D eigenvalue weighted by Crippen LogP contribution is 2.31. The van der Waals surface area contributed by atoms with Crippen LogP contribution in [0.3, 0.4) is 0 Å². The van der Waals surface area contributed by atoms with E-state index in [0.717, 1.165) is 24.3 Å². The van der Waals surface area contributed by atoms with Gasteiger partial charge in [-0.15, -0.1) is 0 Å². The number of fused-ring (bicyclic) bond motifs is 1. The topological polar surface area (TPSA) is 62.5 Å². The summed E-state index contributed by atoms with van der Waals surface area (Å²) in [6, 6.07) is 3.75. The van der Waals surface area contributed by atoms with Crippen LogP contribution in [-0.2, 0) is 4.79 Å². The van der Waals surface area contributed by atoms with Gasteiger partial charge in [0.15, 0.2) is 5.65 Å². The van der Waals surface area contributed by atoms with Gasteiger partial charge in [0, 0.05) is 44.1 Å². The number of carbonyl (C=O) groups is 1. The Morgan fingerprint density at radius 1 is 1.35 bits per heavy atom. The molecule has 2 aromatic heterocycles. The average molecular weight is 317 g/mol. The number of carbonyl (C=O) groups excluding carboxylic acids is 1. The number of aromatic nitrogens is 3. The summed E-state index contributed by atoms with van der Waals surface area (Å²) in [5.41, 5.74) is -0.516. The number of alkyl halides is 1. The van der Waals surface area contributed by atoms with E-state index in [1.807, 2.05) is 18.3 Å². The Morgan fingerprint density at radius 2 is 2.13 bits per heavy atom. The summed E-state index contributed by atoms with van der Waals surface area (Å²) in [5.74, 6) is 0.990. The van der Waals surface area contributed by atoms with Gasteiger partial charge in [-0.25, -0.2) is 13.9 Å². The summed E-state index contributed by atoms with van der Waals surface area (Å²) in [6.07, 6.45) is 6.28. The second-order valence-corrected chi connectivity index (χ2v) is 6.55. The Morgan fingerprint density at radius 3 is 2.87 bits per heavy atom. The van der Waals surface area contributed by atoms with Crippen LogP contribution in [0.4, 0.5) is 10.2 Å². The van der Waals surface area contributed by atoms with Gasteiger partial charge in [-0.2, -0.15) is 5.10 Å². The third-order valence-corrected chi connectivity index (χ3v) is 4.75. The molecule has 2 aliphatic rings. The first-order chi connectivity index (χ1) is 11.1. The third-order valence-electron chi connectivity index (χ3n) is 4.75. The van der Waals surface area contributed by atoms with Crippen LogP contribution in [0.2, 0.25) is 0 Å². The van der Waals surface area contributed by atoms with Gasteiger partial charge in [-0.3, -0.25) is 4.79 Å². The molecule has 0 spiro atoms. The van der Waals surface area contributed by atoms with Crippen molar-refractivity contribution in [2.45, 2.75) is 31.4 Å². The van der Waals surface area contributed by atoms with E-state index in [9.17, 15) is 9.18 Å². The van der Waals surface area contributed by atoms with Crippen molar-refractivity contribution in [3.63, 3.8) is 0 Å². The minimum absolute atomic E-state index is 0.0114. The van der Waals surface area contributed by atoms with Crippen molar-refractivity contribution in [2.24, 2.45) is 5.92 Å². The van der Waals surface area contributed by atoms with E-state index in [0.29, 0.717) is 25.9 Å². The zero-order valence-corrected chi connectivity index (χ0v) is 12.9. The van der Waals surface area contributed by atoms with Crippen LogP contribution in [0.1, 0.15) is 25.7 Å². The molecule has 122 valence electrons. The molecule has 6 nitrogen and oxygen atoms in total. The second kappa shape index (κ2) is 5.47. The predicted molar refractivity (Wildman–Crippen MR) is 84.0 cm³/mol. The van der Waals surface area contributed by atoms with Gasteiger partial charge in [0.2, 0.25) is 5.91 Å². The number of anilines is 1. The van der Waals surface area contributed by atoms with E-state index < -0.39 is 5.67 Å². The number of rotatable bonds is 4. The number of nitrogens with one attached hydrogen (secondary N) is 1. The molecule has 1 amide bonds. The largest absolute Gasteiger partial charge is 0.356 e. The number of halogens is 1. The molecule has 23 heavy (non-hydrogen) atoms. The Hall–Kier alpha value is -2.18. The highest BCUT2D eigenvalue weighted by Gasteiger charge is 2.37. The molecular formula is C16H20FN5O. The van der Waals surface area contributed by atoms with Crippen molar-refractivity contribution in [1.29, 1.82) is 0 Å². The molecule has 0 bridgehead atoms. The molecule has 0 atom stereocenters. The van der Waals surface area contributed by atoms with Gasteiger partial charge in [-0.05, 0) is 18.9 Å². The van der Waals surface area contributed by atoms with Gasteiger partial charge in [0.25, 0.3) is 0 Å². The Bertz CT molecular complexity index is 718. The van der Waals surface area contributed by atoms with Crippen molar-refractivity contribution in [3.05, 3.63) is 24.5 Å². The fourth-order valence-electron chi connectivity index (χ4n) is 3.03. The molecule has 2 fully saturated rings. The van der Waals surface area contributed by atoms with Gasteiger partial charge in [0.05, 0.1) is 12.7 Å². The molecule has 1 aliphatic heterocycles. The van der Waals surface area contributed by atoms with E-state index >= 15 is 0 Å². The maximum atomic E-state index is 14.8. The van der Waals surface area contributed by atoms with Gasteiger partial charge < -0.3 is 10.2 Å².